The first-order valence-corrected chi connectivity index (χ1v) is 9.49. The Morgan fingerprint density at radius 1 is 1.21 bits per heavy atom. The fraction of sp³-hybridized carbons (Fsp3) is 0.381. The highest BCUT2D eigenvalue weighted by Gasteiger charge is 2.13. The Balaban J connectivity index is 1.67. The van der Waals surface area contributed by atoms with E-state index in [0.717, 1.165) is 29.1 Å². The van der Waals surface area contributed by atoms with E-state index in [1.165, 1.54) is 12.1 Å². The molecule has 0 radical (unpaired) electrons. The topological polar surface area (TPSA) is 63.1 Å². The van der Waals surface area contributed by atoms with E-state index in [4.69, 9.17) is 4.98 Å². The van der Waals surface area contributed by atoms with Crippen LogP contribution < -0.4 is 5.32 Å². The maximum Gasteiger partial charge on any atom is 0.220 e. The molecule has 0 saturated heterocycles. The number of carbonyl (C=O) groups is 1. The van der Waals surface area contributed by atoms with Crippen molar-refractivity contribution in [3.8, 4) is 0 Å². The summed E-state index contributed by atoms with van der Waals surface area (Å²) in [7, 11) is 3.96. The van der Waals surface area contributed by atoms with Crippen LogP contribution in [0.4, 0.5) is 4.39 Å². The molecule has 0 aliphatic heterocycles. The van der Waals surface area contributed by atoms with E-state index in [-0.39, 0.29) is 11.7 Å². The van der Waals surface area contributed by atoms with Gasteiger partial charge < -0.3 is 14.8 Å². The zero-order valence-electron chi connectivity index (χ0n) is 16.4. The number of benzene rings is 1. The molecule has 3 aromatic rings. The van der Waals surface area contributed by atoms with Crippen molar-refractivity contribution in [1.82, 2.24) is 24.8 Å². The van der Waals surface area contributed by atoms with Gasteiger partial charge in [0, 0.05) is 32.1 Å². The van der Waals surface area contributed by atoms with Gasteiger partial charge >= 0.3 is 0 Å². The van der Waals surface area contributed by atoms with Crippen molar-refractivity contribution in [3.63, 3.8) is 0 Å². The van der Waals surface area contributed by atoms with Crippen LogP contribution in [0.15, 0.2) is 42.6 Å². The summed E-state index contributed by atoms with van der Waals surface area (Å²) in [4.78, 5) is 23.2. The Morgan fingerprint density at radius 2 is 2.00 bits per heavy atom. The number of fused-ring (bicyclic) bond motifs is 1. The first-order valence-electron chi connectivity index (χ1n) is 9.49. The van der Waals surface area contributed by atoms with Crippen LogP contribution in [0.1, 0.15) is 24.2 Å². The predicted molar refractivity (Wildman–Crippen MR) is 108 cm³/mol. The molecule has 1 N–H and O–H groups in total. The molecule has 6 nitrogen and oxygen atoms in total. The number of aryl methyl sites for hydroxylation is 1. The largest absolute Gasteiger partial charge is 0.355 e. The van der Waals surface area contributed by atoms with Crippen LogP contribution in [0, 0.1) is 5.82 Å². The van der Waals surface area contributed by atoms with Gasteiger partial charge in [0.25, 0.3) is 0 Å². The van der Waals surface area contributed by atoms with E-state index in [1.807, 2.05) is 35.7 Å². The second-order valence-electron chi connectivity index (χ2n) is 7.09. The second-order valence-corrected chi connectivity index (χ2v) is 7.09. The summed E-state index contributed by atoms with van der Waals surface area (Å²) >= 11 is 0. The Labute approximate surface area is 164 Å². The minimum Gasteiger partial charge on any atom is -0.355 e. The molecule has 0 bridgehead atoms. The molecule has 3 rings (SSSR count). The highest BCUT2D eigenvalue weighted by atomic mass is 19.1. The molecule has 1 aromatic carbocycles. The van der Waals surface area contributed by atoms with Gasteiger partial charge in [-0.05, 0) is 50.3 Å². The number of aromatic nitrogens is 3. The summed E-state index contributed by atoms with van der Waals surface area (Å²) in [5.74, 6) is 0.693. The molecule has 0 atom stereocenters. The van der Waals surface area contributed by atoms with Crippen molar-refractivity contribution in [2.24, 2.45) is 0 Å². The van der Waals surface area contributed by atoms with Gasteiger partial charge in [-0.15, -0.1) is 0 Å². The second kappa shape index (κ2) is 9.41. The standard InChI is InChI=1S/C21H26FN5O/c1-26(2)14-13-23-20(28)7-3-6-19-25-18-5-4-12-24-21(18)27(19)15-16-8-10-17(22)11-9-16/h4-5,8-12H,3,6-7,13-15H2,1-2H3,(H,23,28). The molecule has 2 aromatic heterocycles. The minimum atomic E-state index is -0.252. The van der Waals surface area contributed by atoms with E-state index in [1.54, 1.807) is 18.3 Å². The Hall–Kier alpha value is -2.80. The molecule has 7 heteroatoms. The number of amides is 1. The Bertz CT molecular complexity index is 920. The van der Waals surface area contributed by atoms with E-state index in [2.05, 4.69) is 10.3 Å². The molecular formula is C21H26FN5O. The number of hydrogen-bond donors (Lipinski definition) is 1. The lowest BCUT2D eigenvalue weighted by atomic mass is 10.2. The fourth-order valence-corrected chi connectivity index (χ4v) is 3.05. The van der Waals surface area contributed by atoms with Crippen LogP contribution in [0.2, 0.25) is 0 Å². The number of imidazole rings is 1. The SMILES string of the molecule is CN(C)CCNC(=O)CCCc1nc2cccnc2n1Cc1ccc(F)cc1. The van der Waals surface area contributed by atoms with Crippen LogP contribution in [-0.2, 0) is 17.8 Å². The zero-order chi connectivity index (χ0) is 19.9. The molecule has 0 aliphatic carbocycles. The highest BCUT2D eigenvalue weighted by Crippen LogP contribution is 2.18. The zero-order valence-corrected chi connectivity index (χ0v) is 16.4. The van der Waals surface area contributed by atoms with Gasteiger partial charge in [-0.1, -0.05) is 12.1 Å². The average Bonchev–Trinajstić information content (AvgIpc) is 3.01. The molecule has 148 valence electrons. The lowest BCUT2D eigenvalue weighted by molar-refractivity contribution is -0.121. The molecule has 0 aliphatic rings. The van der Waals surface area contributed by atoms with E-state index >= 15 is 0 Å². The van der Waals surface area contributed by atoms with Gasteiger partial charge in [0.2, 0.25) is 5.91 Å². The Kier molecular flexibility index (Phi) is 6.71. The van der Waals surface area contributed by atoms with Crippen molar-refractivity contribution < 1.29 is 9.18 Å². The number of halogens is 1. The first kappa shape index (κ1) is 19.9. The maximum atomic E-state index is 13.2. The lowest BCUT2D eigenvalue weighted by Gasteiger charge is -2.11. The van der Waals surface area contributed by atoms with Crippen LogP contribution >= 0.6 is 0 Å². The van der Waals surface area contributed by atoms with Gasteiger partial charge in [-0.25, -0.2) is 14.4 Å². The number of nitrogens with one attached hydrogen (secondary N) is 1. The van der Waals surface area contributed by atoms with Crippen molar-refractivity contribution in [1.29, 1.82) is 0 Å². The van der Waals surface area contributed by atoms with Crippen molar-refractivity contribution in [3.05, 3.63) is 59.8 Å². The first-order chi connectivity index (χ1) is 13.5. The van der Waals surface area contributed by atoms with E-state index < -0.39 is 0 Å². The molecule has 1 amide bonds. The summed E-state index contributed by atoms with van der Waals surface area (Å²) < 4.78 is 15.2. The predicted octanol–water partition coefficient (Wildman–Crippen LogP) is 2.62. The normalized spacial score (nSPS) is 11.3. The van der Waals surface area contributed by atoms with Crippen molar-refractivity contribution in [2.75, 3.05) is 27.2 Å². The summed E-state index contributed by atoms with van der Waals surface area (Å²) in [5.41, 5.74) is 2.61. The number of carbonyl (C=O) groups excluding carboxylic acids is 1. The summed E-state index contributed by atoms with van der Waals surface area (Å²) in [6.45, 7) is 2.04. The summed E-state index contributed by atoms with van der Waals surface area (Å²) in [6.07, 6.45) is 3.59. The van der Waals surface area contributed by atoms with E-state index in [9.17, 15) is 9.18 Å². The minimum absolute atomic E-state index is 0.0566. The molecule has 0 unspecified atom stereocenters. The van der Waals surface area contributed by atoms with Gasteiger partial charge in [0.1, 0.15) is 17.2 Å². The molecular weight excluding hydrogens is 357 g/mol. The van der Waals surface area contributed by atoms with Gasteiger partial charge in [0.05, 0.1) is 6.54 Å². The molecule has 2 heterocycles. The fourth-order valence-electron chi connectivity index (χ4n) is 3.05. The number of nitrogens with zero attached hydrogens (tertiary/aromatic N) is 4. The quantitative estimate of drug-likeness (QED) is 0.617. The third-order valence-corrected chi connectivity index (χ3v) is 4.52. The maximum absolute atomic E-state index is 13.2. The number of likely N-dealkylation sites (N-methyl/N-ethyl adjacent to an activating group) is 1. The van der Waals surface area contributed by atoms with Gasteiger partial charge in [-0.2, -0.15) is 0 Å². The van der Waals surface area contributed by atoms with Gasteiger partial charge in [-0.3, -0.25) is 4.79 Å². The molecule has 0 fully saturated rings. The lowest BCUT2D eigenvalue weighted by Crippen LogP contribution is -2.31. The van der Waals surface area contributed by atoms with Crippen LogP contribution in [0.5, 0.6) is 0 Å². The third-order valence-electron chi connectivity index (χ3n) is 4.52. The smallest absolute Gasteiger partial charge is 0.220 e. The third kappa shape index (κ3) is 5.36. The summed E-state index contributed by atoms with van der Waals surface area (Å²) in [6, 6.07) is 10.2. The van der Waals surface area contributed by atoms with E-state index in [0.29, 0.717) is 32.4 Å². The molecule has 0 spiro atoms. The van der Waals surface area contributed by atoms with Gasteiger partial charge in [0.15, 0.2) is 5.65 Å². The molecule has 28 heavy (non-hydrogen) atoms. The van der Waals surface area contributed by atoms with Crippen LogP contribution in [0.25, 0.3) is 11.2 Å². The summed E-state index contributed by atoms with van der Waals surface area (Å²) in [5, 5.41) is 2.93. The van der Waals surface area contributed by atoms with Crippen LogP contribution in [-0.4, -0.2) is 52.5 Å². The van der Waals surface area contributed by atoms with Crippen LogP contribution in [0.3, 0.4) is 0 Å². The highest BCUT2D eigenvalue weighted by molar-refractivity contribution is 5.76. The Morgan fingerprint density at radius 3 is 2.75 bits per heavy atom. The van der Waals surface area contributed by atoms with Crippen molar-refractivity contribution in [2.45, 2.75) is 25.8 Å². The monoisotopic (exact) mass is 383 g/mol. The van der Waals surface area contributed by atoms with Crippen molar-refractivity contribution >= 4 is 17.1 Å². The number of pyridine rings is 1. The number of rotatable bonds is 9. The average molecular weight is 383 g/mol. The number of hydrogen-bond acceptors (Lipinski definition) is 4. The molecule has 0 saturated carbocycles.